The Morgan fingerprint density at radius 1 is 1.29 bits per heavy atom. The van der Waals surface area contributed by atoms with Crippen LogP contribution in [0.1, 0.15) is 48.3 Å². The quantitative estimate of drug-likeness (QED) is 0.511. The van der Waals surface area contributed by atoms with Gasteiger partial charge in [0.05, 0.1) is 24.5 Å². The molecule has 2 aromatic heterocycles. The van der Waals surface area contributed by atoms with Crippen molar-refractivity contribution in [2.75, 3.05) is 31.2 Å². The maximum absolute atomic E-state index is 12.4. The van der Waals surface area contributed by atoms with E-state index in [-0.39, 0.29) is 23.1 Å². The van der Waals surface area contributed by atoms with E-state index in [0.717, 1.165) is 36.8 Å². The largest absolute Gasteiger partial charge is 0.466 e. The molecule has 1 atom stereocenters. The highest BCUT2D eigenvalue weighted by Gasteiger charge is 2.30. The first kappa shape index (κ1) is 20.8. The lowest BCUT2D eigenvalue weighted by Crippen LogP contribution is -2.40. The van der Waals surface area contributed by atoms with Crippen molar-refractivity contribution in [1.29, 1.82) is 0 Å². The number of ether oxygens (including phenoxy) is 2. The minimum atomic E-state index is -0.354. The number of piperidine rings is 1. The molecule has 0 aliphatic carbocycles. The molecule has 28 heavy (non-hydrogen) atoms. The molecule has 1 fully saturated rings. The Kier molecular flexibility index (Phi) is 6.72. The molecule has 1 unspecified atom stereocenters. The Bertz CT molecular complexity index is 886. The van der Waals surface area contributed by atoms with E-state index in [1.807, 2.05) is 18.7 Å². The van der Waals surface area contributed by atoms with Gasteiger partial charge in [-0.3, -0.25) is 4.79 Å². The second-order valence-electron chi connectivity index (χ2n) is 6.73. The van der Waals surface area contributed by atoms with Crippen LogP contribution in [0.25, 0.3) is 10.2 Å². The molecule has 1 aliphatic rings. The zero-order valence-electron chi connectivity index (χ0n) is 16.3. The second kappa shape index (κ2) is 9.05. The average Bonchev–Trinajstić information content (AvgIpc) is 3.02. The SMILES string of the molecule is CCCOC(=O)c1sc2nc(Cl)nc(N3CCCC(C(=O)OCC)C3)c2c1C. The summed E-state index contributed by atoms with van der Waals surface area (Å²) in [4.78, 5) is 36.6. The summed E-state index contributed by atoms with van der Waals surface area (Å²) in [5.74, 6) is -0.0837. The number of aryl methyl sites for hydroxylation is 1. The summed E-state index contributed by atoms with van der Waals surface area (Å²) in [5, 5.41) is 0.915. The van der Waals surface area contributed by atoms with Crippen LogP contribution in [-0.4, -0.2) is 48.2 Å². The van der Waals surface area contributed by atoms with E-state index < -0.39 is 0 Å². The molecule has 0 amide bonds. The molecular formula is C19H24ClN3O4S. The van der Waals surface area contributed by atoms with Crippen molar-refractivity contribution in [2.45, 2.75) is 40.0 Å². The normalized spacial score (nSPS) is 17.0. The number of rotatable bonds is 6. The van der Waals surface area contributed by atoms with E-state index in [2.05, 4.69) is 9.97 Å². The van der Waals surface area contributed by atoms with Crippen LogP contribution in [0, 0.1) is 12.8 Å². The average molecular weight is 426 g/mol. The van der Waals surface area contributed by atoms with Crippen LogP contribution in [0.4, 0.5) is 5.82 Å². The number of aromatic nitrogens is 2. The minimum Gasteiger partial charge on any atom is -0.466 e. The third-order valence-corrected chi connectivity index (χ3v) is 6.04. The maximum atomic E-state index is 12.4. The smallest absolute Gasteiger partial charge is 0.348 e. The Morgan fingerprint density at radius 3 is 2.79 bits per heavy atom. The summed E-state index contributed by atoms with van der Waals surface area (Å²) >= 11 is 7.43. The number of fused-ring (bicyclic) bond motifs is 1. The molecule has 0 N–H and O–H groups in total. The first-order valence-electron chi connectivity index (χ1n) is 9.51. The van der Waals surface area contributed by atoms with Crippen LogP contribution >= 0.6 is 22.9 Å². The Morgan fingerprint density at radius 2 is 2.07 bits per heavy atom. The van der Waals surface area contributed by atoms with Gasteiger partial charge in [-0.25, -0.2) is 9.78 Å². The third-order valence-electron chi connectivity index (χ3n) is 4.71. The minimum absolute atomic E-state index is 0.121. The molecule has 0 bridgehead atoms. The van der Waals surface area contributed by atoms with Crippen LogP contribution < -0.4 is 4.90 Å². The molecule has 3 rings (SSSR count). The lowest BCUT2D eigenvalue weighted by atomic mass is 9.98. The van der Waals surface area contributed by atoms with Crippen molar-refractivity contribution in [3.63, 3.8) is 0 Å². The van der Waals surface area contributed by atoms with Crippen molar-refractivity contribution in [3.8, 4) is 0 Å². The van der Waals surface area contributed by atoms with Crippen LogP contribution in [-0.2, 0) is 14.3 Å². The van der Waals surface area contributed by atoms with Crippen molar-refractivity contribution in [2.24, 2.45) is 5.92 Å². The summed E-state index contributed by atoms with van der Waals surface area (Å²) in [7, 11) is 0. The fourth-order valence-corrected chi connectivity index (χ4v) is 4.68. The molecule has 1 aliphatic heterocycles. The number of thiophene rings is 1. The predicted molar refractivity (Wildman–Crippen MR) is 109 cm³/mol. The Hall–Kier alpha value is -1.93. The van der Waals surface area contributed by atoms with Crippen molar-refractivity contribution in [3.05, 3.63) is 15.7 Å². The summed E-state index contributed by atoms with van der Waals surface area (Å²) in [6.45, 7) is 7.63. The van der Waals surface area contributed by atoms with Gasteiger partial charge in [-0.05, 0) is 50.3 Å². The summed E-state index contributed by atoms with van der Waals surface area (Å²) < 4.78 is 10.5. The van der Waals surface area contributed by atoms with Gasteiger partial charge in [0, 0.05) is 13.1 Å². The third kappa shape index (κ3) is 4.22. The number of carbonyl (C=O) groups excluding carboxylic acids is 2. The van der Waals surface area contributed by atoms with Crippen LogP contribution in [0.3, 0.4) is 0 Å². The van der Waals surface area contributed by atoms with Crippen LogP contribution in [0.15, 0.2) is 0 Å². The topological polar surface area (TPSA) is 81.6 Å². The fourth-order valence-electron chi connectivity index (χ4n) is 3.40. The molecule has 0 aromatic carbocycles. The van der Waals surface area contributed by atoms with Crippen LogP contribution in [0.2, 0.25) is 5.28 Å². The van der Waals surface area contributed by atoms with Gasteiger partial charge >= 0.3 is 11.9 Å². The monoisotopic (exact) mass is 425 g/mol. The van der Waals surface area contributed by atoms with Gasteiger partial charge in [0.25, 0.3) is 0 Å². The van der Waals surface area contributed by atoms with E-state index in [0.29, 0.717) is 35.3 Å². The lowest BCUT2D eigenvalue weighted by Gasteiger charge is -2.32. The van der Waals surface area contributed by atoms with E-state index in [9.17, 15) is 9.59 Å². The number of anilines is 1. The number of halogens is 1. The van der Waals surface area contributed by atoms with Gasteiger partial charge in [0.2, 0.25) is 5.28 Å². The number of hydrogen-bond donors (Lipinski definition) is 0. The summed E-state index contributed by atoms with van der Waals surface area (Å²) in [5.41, 5.74) is 0.783. The number of esters is 2. The van der Waals surface area contributed by atoms with E-state index >= 15 is 0 Å². The van der Waals surface area contributed by atoms with Crippen molar-refractivity contribution in [1.82, 2.24) is 9.97 Å². The van der Waals surface area contributed by atoms with Crippen molar-refractivity contribution < 1.29 is 19.1 Å². The van der Waals surface area contributed by atoms with Gasteiger partial charge in [-0.2, -0.15) is 4.98 Å². The van der Waals surface area contributed by atoms with Gasteiger partial charge in [-0.1, -0.05) is 6.92 Å². The van der Waals surface area contributed by atoms with E-state index in [1.54, 1.807) is 6.92 Å². The van der Waals surface area contributed by atoms with Crippen LogP contribution in [0.5, 0.6) is 0 Å². The molecular weight excluding hydrogens is 402 g/mol. The highest BCUT2D eigenvalue weighted by Crippen LogP contribution is 2.38. The zero-order chi connectivity index (χ0) is 20.3. The highest BCUT2D eigenvalue weighted by atomic mass is 35.5. The van der Waals surface area contributed by atoms with E-state index in [4.69, 9.17) is 21.1 Å². The Labute approximate surface area is 173 Å². The standard InChI is InChI=1S/C19H24ClN3O4S/c1-4-9-27-18(25)14-11(3)13-15(21-19(20)22-16(13)28-14)23-8-6-7-12(10-23)17(24)26-5-2/h12H,4-10H2,1-3H3. The molecule has 2 aromatic rings. The molecule has 9 heteroatoms. The molecule has 7 nitrogen and oxygen atoms in total. The lowest BCUT2D eigenvalue weighted by molar-refractivity contribution is -0.148. The van der Waals surface area contributed by atoms with E-state index in [1.165, 1.54) is 11.3 Å². The highest BCUT2D eigenvalue weighted by molar-refractivity contribution is 7.20. The maximum Gasteiger partial charge on any atom is 0.348 e. The number of carbonyl (C=O) groups is 2. The van der Waals surface area contributed by atoms with Gasteiger partial charge in [-0.15, -0.1) is 11.3 Å². The van der Waals surface area contributed by atoms with Gasteiger partial charge in [0.1, 0.15) is 15.5 Å². The van der Waals surface area contributed by atoms with Gasteiger partial charge < -0.3 is 14.4 Å². The molecule has 1 saturated heterocycles. The predicted octanol–water partition coefficient (Wildman–Crippen LogP) is 4.00. The molecule has 3 heterocycles. The molecule has 0 spiro atoms. The molecule has 0 radical (unpaired) electrons. The summed E-state index contributed by atoms with van der Waals surface area (Å²) in [6, 6.07) is 0. The second-order valence-corrected chi connectivity index (χ2v) is 8.06. The molecule has 152 valence electrons. The van der Waals surface area contributed by atoms with Gasteiger partial charge in [0.15, 0.2) is 0 Å². The Balaban J connectivity index is 1.97. The number of nitrogens with zero attached hydrogens (tertiary/aromatic N) is 3. The summed E-state index contributed by atoms with van der Waals surface area (Å²) in [6.07, 6.45) is 2.39. The number of hydrogen-bond acceptors (Lipinski definition) is 8. The first-order valence-corrected chi connectivity index (χ1v) is 10.7. The zero-order valence-corrected chi connectivity index (χ0v) is 17.9. The van der Waals surface area contributed by atoms with Crippen molar-refractivity contribution >= 4 is 50.9 Å². The molecule has 0 saturated carbocycles. The fraction of sp³-hybridized carbons (Fsp3) is 0.579. The first-order chi connectivity index (χ1) is 13.5.